The average molecular weight is 505 g/mol. The Kier molecular flexibility index (Phi) is 6.05. The van der Waals surface area contributed by atoms with Crippen molar-refractivity contribution in [2.24, 2.45) is 0 Å². The molecule has 1 saturated heterocycles. The number of thiazole rings is 1. The Morgan fingerprint density at radius 2 is 1.80 bits per heavy atom. The number of hydrogen-bond acceptors (Lipinski definition) is 6. The third-order valence-corrected chi connectivity index (χ3v) is 7.07. The van der Waals surface area contributed by atoms with Gasteiger partial charge in [-0.25, -0.2) is 4.98 Å². The number of aliphatic hydroxyl groups excluding tert-OH is 1. The van der Waals surface area contributed by atoms with Crippen molar-refractivity contribution in [3.05, 3.63) is 94.0 Å². The average Bonchev–Trinajstić information content (AvgIpc) is 3.37. The summed E-state index contributed by atoms with van der Waals surface area (Å²) in [7, 11) is 0. The number of Topliss-reactive ketones (excluding diaryl/α,β-unsaturated/α-hetero) is 1. The van der Waals surface area contributed by atoms with Gasteiger partial charge in [-0.15, -0.1) is 0 Å². The van der Waals surface area contributed by atoms with E-state index < -0.39 is 17.7 Å². The summed E-state index contributed by atoms with van der Waals surface area (Å²) < 4.78 is 6.27. The van der Waals surface area contributed by atoms with Crippen molar-refractivity contribution >= 4 is 55.7 Å². The van der Waals surface area contributed by atoms with Crippen LogP contribution < -0.4 is 9.64 Å². The van der Waals surface area contributed by atoms with Gasteiger partial charge in [0.15, 0.2) is 5.13 Å². The van der Waals surface area contributed by atoms with Gasteiger partial charge < -0.3 is 9.84 Å². The van der Waals surface area contributed by atoms with Gasteiger partial charge in [0.2, 0.25) is 0 Å². The monoisotopic (exact) mass is 504 g/mol. The predicted molar refractivity (Wildman–Crippen MR) is 138 cm³/mol. The minimum atomic E-state index is -0.835. The lowest BCUT2D eigenvalue weighted by Gasteiger charge is -2.23. The van der Waals surface area contributed by atoms with Crippen molar-refractivity contribution in [3.8, 4) is 5.75 Å². The first-order valence-electron chi connectivity index (χ1n) is 11.0. The van der Waals surface area contributed by atoms with Crippen LogP contribution >= 0.6 is 22.9 Å². The molecule has 1 atom stereocenters. The van der Waals surface area contributed by atoms with Crippen LogP contribution in [0.15, 0.2) is 72.3 Å². The number of aryl methyl sites for hydroxylation is 1. The molecule has 3 aromatic carbocycles. The summed E-state index contributed by atoms with van der Waals surface area (Å²) in [5, 5.41) is 12.2. The highest BCUT2D eigenvalue weighted by atomic mass is 35.5. The first-order chi connectivity index (χ1) is 16.9. The number of aliphatic hydroxyl groups is 1. The van der Waals surface area contributed by atoms with Gasteiger partial charge in [-0.05, 0) is 61.9 Å². The van der Waals surface area contributed by atoms with E-state index in [9.17, 15) is 14.7 Å². The molecule has 1 aliphatic heterocycles. The van der Waals surface area contributed by atoms with Gasteiger partial charge in [-0.2, -0.15) is 0 Å². The molecule has 1 amide bonds. The molecule has 0 spiro atoms. The Balaban J connectivity index is 1.68. The number of ether oxygens (including phenoxy) is 1. The molecule has 35 heavy (non-hydrogen) atoms. The highest BCUT2D eigenvalue weighted by Gasteiger charge is 2.48. The normalized spacial score (nSPS) is 17.3. The summed E-state index contributed by atoms with van der Waals surface area (Å²) in [4.78, 5) is 32.6. The van der Waals surface area contributed by atoms with Crippen LogP contribution in [0.2, 0.25) is 5.02 Å². The SMILES string of the molecule is CCOc1ccc(/C(O)=C2\C(=O)C(=O)N(c3nc4ccc(Cl)cc4s3)C2c2ccc(C)cc2)cc1. The summed E-state index contributed by atoms with van der Waals surface area (Å²) in [5.41, 5.74) is 2.83. The third-order valence-electron chi connectivity index (χ3n) is 5.82. The minimum absolute atomic E-state index is 0.0142. The maximum Gasteiger partial charge on any atom is 0.301 e. The predicted octanol–water partition coefficient (Wildman–Crippen LogP) is 6.28. The van der Waals surface area contributed by atoms with Crippen LogP contribution in [-0.4, -0.2) is 28.4 Å². The molecule has 0 aliphatic carbocycles. The summed E-state index contributed by atoms with van der Waals surface area (Å²) in [5.74, 6) is -1.11. The van der Waals surface area contributed by atoms with Crippen molar-refractivity contribution in [1.29, 1.82) is 0 Å². The molecule has 2 heterocycles. The quantitative estimate of drug-likeness (QED) is 0.196. The molecular formula is C27H21ClN2O4S. The topological polar surface area (TPSA) is 79.7 Å². The van der Waals surface area contributed by atoms with E-state index in [2.05, 4.69) is 4.98 Å². The van der Waals surface area contributed by atoms with Crippen LogP contribution in [0.4, 0.5) is 5.13 Å². The zero-order valence-electron chi connectivity index (χ0n) is 19.0. The second-order valence-electron chi connectivity index (χ2n) is 8.15. The number of aromatic nitrogens is 1. The van der Waals surface area contributed by atoms with Crippen molar-refractivity contribution in [1.82, 2.24) is 4.98 Å². The maximum absolute atomic E-state index is 13.3. The fourth-order valence-corrected chi connectivity index (χ4v) is 5.38. The van der Waals surface area contributed by atoms with Gasteiger partial charge in [0, 0.05) is 10.6 Å². The van der Waals surface area contributed by atoms with Crippen LogP contribution in [0.3, 0.4) is 0 Å². The van der Waals surface area contributed by atoms with E-state index in [0.29, 0.717) is 39.2 Å². The van der Waals surface area contributed by atoms with E-state index in [1.165, 1.54) is 16.2 Å². The van der Waals surface area contributed by atoms with E-state index >= 15 is 0 Å². The lowest BCUT2D eigenvalue weighted by atomic mass is 9.95. The van der Waals surface area contributed by atoms with E-state index in [-0.39, 0.29) is 11.3 Å². The van der Waals surface area contributed by atoms with Crippen LogP contribution in [0, 0.1) is 6.92 Å². The Labute approximate surface area is 211 Å². The Hall–Kier alpha value is -3.68. The van der Waals surface area contributed by atoms with E-state index in [0.717, 1.165) is 10.3 Å². The first-order valence-corrected chi connectivity index (χ1v) is 12.2. The number of halogens is 1. The molecule has 0 bridgehead atoms. The van der Waals surface area contributed by atoms with E-state index in [1.54, 1.807) is 42.5 Å². The molecular weight excluding hydrogens is 484 g/mol. The van der Waals surface area contributed by atoms with Gasteiger partial charge in [0.25, 0.3) is 5.78 Å². The summed E-state index contributed by atoms with van der Waals surface area (Å²) in [6, 6.07) is 18.7. The molecule has 6 nitrogen and oxygen atoms in total. The van der Waals surface area contributed by atoms with Crippen LogP contribution in [0.25, 0.3) is 16.0 Å². The number of ketones is 1. The molecule has 1 aromatic heterocycles. The lowest BCUT2D eigenvalue weighted by Crippen LogP contribution is -2.29. The van der Waals surface area contributed by atoms with Gasteiger partial charge >= 0.3 is 5.91 Å². The molecule has 4 aromatic rings. The highest BCUT2D eigenvalue weighted by molar-refractivity contribution is 7.22. The maximum atomic E-state index is 13.3. The molecule has 8 heteroatoms. The molecule has 176 valence electrons. The Morgan fingerprint density at radius 1 is 1.09 bits per heavy atom. The summed E-state index contributed by atoms with van der Waals surface area (Å²) >= 11 is 7.41. The number of amides is 1. The number of hydrogen-bond donors (Lipinski definition) is 1. The summed E-state index contributed by atoms with van der Waals surface area (Å²) in [6.45, 7) is 4.35. The van der Waals surface area contributed by atoms with Crippen molar-refractivity contribution in [2.45, 2.75) is 19.9 Å². The number of rotatable bonds is 5. The molecule has 1 N–H and O–H groups in total. The molecule has 0 radical (unpaired) electrons. The fraction of sp³-hybridized carbons (Fsp3) is 0.148. The van der Waals surface area contributed by atoms with Crippen LogP contribution in [0.5, 0.6) is 5.75 Å². The standard InChI is InChI=1S/C27H21ClN2O4S/c1-3-34-19-11-8-17(9-12-19)24(31)22-23(16-6-4-15(2)5-7-16)30(26(33)25(22)32)27-29-20-13-10-18(28)14-21(20)35-27/h4-14,23,31H,3H2,1-2H3/b24-22+. The number of anilines is 1. The number of carbonyl (C=O) groups excluding carboxylic acids is 2. The van der Waals surface area contributed by atoms with Gasteiger partial charge in [-0.1, -0.05) is 52.8 Å². The van der Waals surface area contributed by atoms with Gasteiger partial charge in [0.05, 0.1) is 28.4 Å². The van der Waals surface area contributed by atoms with Gasteiger partial charge in [-0.3, -0.25) is 14.5 Å². The van der Waals surface area contributed by atoms with Crippen LogP contribution in [-0.2, 0) is 9.59 Å². The lowest BCUT2D eigenvalue weighted by molar-refractivity contribution is -0.132. The van der Waals surface area contributed by atoms with Crippen molar-refractivity contribution < 1.29 is 19.4 Å². The number of benzene rings is 3. The Bertz CT molecular complexity index is 1480. The summed E-state index contributed by atoms with van der Waals surface area (Å²) in [6.07, 6.45) is 0. The second-order valence-corrected chi connectivity index (χ2v) is 9.59. The zero-order chi connectivity index (χ0) is 24.7. The number of fused-ring (bicyclic) bond motifs is 1. The number of carbonyl (C=O) groups is 2. The molecule has 1 unspecified atom stereocenters. The molecule has 1 aliphatic rings. The Morgan fingerprint density at radius 3 is 2.49 bits per heavy atom. The minimum Gasteiger partial charge on any atom is -0.507 e. The third kappa shape index (κ3) is 4.17. The first kappa shape index (κ1) is 23.1. The van der Waals surface area contributed by atoms with Crippen molar-refractivity contribution in [2.75, 3.05) is 11.5 Å². The second kappa shape index (κ2) is 9.17. The van der Waals surface area contributed by atoms with E-state index in [4.69, 9.17) is 16.3 Å². The largest absolute Gasteiger partial charge is 0.507 e. The van der Waals surface area contributed by atoms with Gasteiger partial charge in [0.1, 0.15) is 11.5 Å². The smallest absolute Gasteiger partial charge is 0.301 e. The van der Waals surface area contributed by atoms with E-state index in [1.807, 2.05) is 38.1 Å². The van der Waals surface area contributed by atoms with Crippen LogP contribution in [0.1, 0.15) is 29.7 Å². The number of nitrogens with zero attached hydrogens (tertiary/aromatic N) is 2. The molecule has 5 rings (SSSR count). The molecule has 1 fully saturated rings. The fourth-order valence-electron chi connectivity index (χ4n) is 4.11. The van der Waals surface area contributed by atoms with Crippen molar-refractivity contribution in [3.63, 3.8) is 0 Å². The molecule has 0 saturated carbocycles. The zero-order valence-corrected chi connectivity index (χ0v) is 20.6. The highest BCUT2D eigenvalue weighted by Crippen LogP contribution is 2.44.